The summed E-state index contributed by atoms with van der Waals surface area (Å²) in [6.45, 7) is 1.64. The Kier molecular flexibility index (Phi) is 4.51. The van der Waals surface area contributed by atoms with Crippen LogP contribution in [0.15, 0.2) is 41.0 Å². The van der Waals surface area contributed by atoms with Gasteiger partial charge in [-0.25, -0.2) is 9.97 Å². The van der Waals surface area contributed by atoms with Crippen LogP contribution >= 0.6 is 15.9 Å². The lowest BCUT2D eigenvalue weighted by molar-refractivity contribution is 0.458. The van der Waals surface area contributed by atoms with Crippen LogP contribution in [-0.2, 0) is 0 Å². The molecule has 1 aromatic carbocycles. The van der Waals surface area contributed by atoms with Crippen molar-refractivity contribution in [2.24, 2.45) is 5.73 Å². The molecule has 110 valence electrons. The molecule has 1 aromatic heterocycles. The number of aromatic nitrogens is 2. The Morgan fingerprint density at radius 2 is 2.10 bits per heavy atom. The van der Waals surface area contributed by atoms with Crippen LogP contribution in [0.25, 0.3) is 11.3 Å². The third-order valence-electron chi connectivity index (χ3n) is 3.95. The predicted octanol–water partition coefficient (Wildman–Crippen LogP) is 3.22. The lowest BCUT2D eigenvalue weighted by Gasteiger charge is -2.35. The van der Waals surface area contributed by atoms with E-state index in [-0.39, 0.29) is 0 Å². The van der Waals surface area contributed by atoms with Gasteiger partial charge in [0.1, 0.15) is 0 Å². The third-order valence-corrected chi connectivity index (χ3v) is 4.64. The van der Waals surface area contributed by atoms with Gasteiger partial charge in [-0.3, -0.25) is 0 Å². The molecule has 2 aromatic rings. The molecule has 4 nitrogen and oxygen atoms in total. The minimum absolute atomic E-state index is 0.355. The lowest BCUT2D eigenvalue weighted by Crippen LogP contribution is -2.45. The van der Waals surface area contributed by atoms with Crippen LogP contribution in [0.1, 0.15) is 19.3 Å². The molecular formula is C16H19BrN4. The van der Waals surface area contributed by atoms with E-state index in [4.69, 9.17) is 10.7 Å². The number of hydrogen-bond acceptors (Lipinski definition) is 4. The van der Waals surface area contributed by atoms with Gasteiger partial charge in [-0.05, 0) is 31.4 Å². The molecule has 2 N–H and O–H groups in total. The molecule has 0 amide bonds. The summed E-state index contributed by atoms with van der Waals surface area (Å²) in [6.07, 6.45) is 5.37. The highest BCUT2D eigenvalue weighted by molar-refractivity contribution is 9.10. The van der Waals surface area contributed by atoms with Crippen LogP contribution in [-0.4, -0.2) is 29.1 Å². The Morgan fingerprint density at radius 1 is 1.24 bits per heavy atom. The van der Waals surface area contributed by atoms with E-state index in [0.29, 0.717) is 12.6 Å². The van der Waals surface area contributed by atoms with Crippen molar-refractivity contribution in [1.82, 2.24) is 9.97 Å². The van der Waals surface area contributed by atoms with Gasteiger partial charge >= 0.3 is 0 Å². The Labute approximate surface area is 133 Å². The number of nitrogens with two attached hydrogens (primary N) is 1. The Hall–Kier alpha value is -1.46. The van der Waals surface area contributed by atoms with Crippen LogP contribution < -0.4 is 10.6 Å². The number of hydrogen-bond donors (Lipinski definition) is 1. The molecule has 5 heteroatoms. The summed E-state index contributed by atoms with van der Waals surface area (Å²) in [4.78, 5) is 11.5. The molecular weight excluding hydrogens is 328 g/mol. The fraction of sp³-hybridized carbons (Fsp3) is 0.375. The average Bonchev–Trinajstić information content (AvgIpc) is 2.55. The van der Waals surface area contributed by atoms with Gasteiger partial charge in [0.15, 0.2) is 0 Å². The van der Waals surface area contributed by atoms with Crippen molar-refractivity contribution < 1.29 is 0 Å². The van der Waals surface area contributed by atoms with Crippen molar-refractivity contribution in [3.8, 4) is 11.3 Å². The first kappa shape index (κ1) is 14.5. The van der Waals surface area contributed by atoms with Gasteiger partial charge in [-0.2, -0.15) is 0 Å². The first-order chi connectivity index (χ1) is 10.3. The second kappa shape index (κ2) is 6.54. The number of rotatable bonds is 3. The normalized spacial score (nSPS) is 18.8. The fourth-order valence-corrected chi connectivity index (χ4v) is 3.30. The van der Waals surface area contributed by atoms with E-state index in [0.717, 1.165) is 34.6 Å². The minimum atomic E-state index is 0.355. The lowest BCUT2D eigenvalue weighted by atomic mass is 10.0. The van der Waals surface area contributed by atoms with Gasteiger partial charge in [0.2, 0.25) is 5.95 Å². The highest BCUT2D eigenvalue weighted by Gasteiger charge is 2.23. The molecule has 1 atom stereocenters. The van der Waals surface area contributed by atoms with Gasteiger partial charge in [-0.1, -0.05) is 34.1 Å². The summed E-state index contributed by atoms with van der Waals surface area (Å²) >= 11 is 3.59. The number of piperidine rings is 1. The monoisotopic (exact) mass is 346 g/mol. The van der Waals surface area contributed by atoms with Gasteiger partial charge in [0, 0.05) is 35.4 Å². The van der Waals surface area contributed by atoms with Crippen molar-refractivity contribution in [2.75, 3.05) is 18.0 Å². The highest BCUT2D eigenvalue weighted by atomic mass is 79.9. The first-order valence-electron chi connectivity index (χ1n) is 7.34. The van der Waals surface area contributed by atoms with E-state index in [2.05, 4.69) is 31.9 Å². The maximum absolute atomic E-state index is 5.90. The van der Waals surface area contributed by atoms with Crippen molar-refractivity contribution in [2.45, 2.75) is 25.3 Å². The van der Waals surface area contributed by atoms with E-state index >= 15 is 0 Å². The van der Waals surface area contributed by atoms with Crippen LogP contribution in [0.3, 0.4) is 0 Å². The second-order valence-electron chi connectivity index (χ2n) is 5.30. The molecule has 1 fully saturated rings. The summed E-state index contributed by atoms with van der Waals surface area (Å²) in [5.41, 5.74) is 7.92. The molecule has 21 heavy (non-hydrogen) atoms. The van der Waals surface area contributed by atoms with Gasteiger partial charge in [0.05, 0.1) is 5.69 Å². The summed E-state index contributed by atoms with van der Waals surface area (Å²) in [5.74, 6) is 0.790. The molecule has 0 bridgehead atoms. The Bertz CT molecular complexity index is 617. The summed E-state index contributed by atoms with van der Waals surface area (Å²) in [7, 11) is 0. The second-order valence-corrected chi connectivity index (χ2v) is 6.15. The van der Waals surface area contributed by atoms with E-state index in [1.807, 2.05) is 30.5 Å². The van der Waals surface area contributed by atoms with E-state index in [9.17, 15) is 0 Å². The van der Waals surface area contributed by atoms with Crippen molar-refractivity contribution in [1.29, 1.82) is 0 Å². The highest BCUT2D eigenvalue weighted by Crippen LogP contribution is 2.28. The topological polar surface area (TPSA) is 55.0 Å². The van der Waals surface area contributed by atoms with Crippen LogP contribution in [0.2, 0.25) is 0 Å². The average molecular weight is 347 g/mol. The Morgan fingerprint density at radius 3 is 2.90 bits per heavy atom. The third kappa shape index (κ3) is 3.09. The number of nitrogens with zero attached hydrogens (tertiary/aromatic N) is 3. The van der Waals surface area contributed by atoms with E-state index in [1.54, 1.807) is 0 Å². The van der Waals surface area contributed by atoms with Gasteiger partial charge in [-0.15, -0.1) is 0 Å². The van der Waals surface area contributed by atoms with Crippen molar-refractivity contribution in [3.63, 3.8) is 0 Å². The zero-order chi connectivity index (χ0) is 14.7. The van der Waals surface area contributed by atoms with Crippen molar-refractivity contribution >= 4 is 21.9 Å². The van der Waals surface area contributed by atoms with E-state index in [1.165, 1.54) is 12.8 Å². The first-order valence-corrected chi connectivity index (χ1v) is 8.13. The fourth-order valence-electron chi connectivity index (χ4n) is 2.81. The number of halogens is 1. The van der Waals surface area contributed by atoms with Crippen LogP contribution in [0.5, 0.6) is 0 Å². The minimum Gasteiger partial charge on any atom is -0.337 e. The Balaban J connectivity index is 1.95. The molecule has 1 unspecified atom stereocenters. The number of benzene rings is 1. The SMILES string of the molecule is NCC1CCCCN1c1nccc(-c2ccccc2Br)n1. The van der Waals surface area contributed by atoms with Crippen LogP contribution in [0, 0.1) is 0 Å². The molecule has 0 radical (unpaired) electrons. The molecule has 2 heterocycles. The van der Waals surface area contributed by atoms with Crippen LogP contribution in [0.4, 0.5) is 5.95 Å². The summed E-state index contributed by atoms with van der Waals surface area (Å²) in [5, 5.41) is 0. The molecule has 1 aliphatic heterocycles. The number of anilines is 1. The summed E-state index contributed by atoms with van der Waals surface area (Å²) < 4.78 is 1.05. The maximum atomic E-state index is 5.90. The molecule has 3 rings (SSSR count). The molecule has 1 aliphatic rings. The maximum Gasteiger partial charge on any atom is 0.226 e. The molecule has 0 saturated carbocycles. The molecule has 1 saturated heterocycles. The van der Waals surface area contributed by atoms with Gasteiger partial charge < -0.3 is 10.6 Å². The zero-order valence-corrected chi connectivity index (χ0v) is 13.5. The zero-order valence-electron chi connectivity index (χ0n) is 11.9. The quantitative estimate of drug-likeness (QED) is 0.926. The smallest absolute Gasteiger partial charge is 0.226 e. The standard InChI is InChI=1S/C16H19BrN4/c17-14-7-2-1-6-13(14)15-8-9-19-16(20-15)21-10-4-3-5-12(21)11-18/h1-2,6-9,12H,3-5,10-11,18H2. The summed E-state index contributed by atoms with van der Waals surface area (Å²) in [6, 6.07) is 10.4. The van der Waals surface area contributed by atoms with Gasteiger partial charge in [0.25, 0.3) is 0 Å². The largest absolute Gasteiger partial charge is 0.337 e. The predicted molar refractivity (Wildman–Crippen MR) is 89.2 cm³/mol. The van der Waals surface area contributed by atoms with Crippen molar-refractivity contribution in [3.05, 3.63) is 41.0 Å². The molecule has 0 aliphatic carbocycles. The van der Waals surface area contributed by atoms with E-state index < -0.39 is 0 Å². The molecule has 0 spiro atoms.